The van der Waals surface area contributed by atoms with Gasteiger partial charge in [0.25, 0.3) is 0 Å². The van der Waals surface area contributed by atoms with E-state index < -0.39 is 12.5 Å². The highest BCUT2D eigenvalue weighted by atomic mass is 35.5. The first-order chi connectivity index (χ1) is 9.56. The highest BCUT2D eigenvalue weighted by Crippen LogP contribution is 2.36. The second-order valence-electron chi connectivity index (χ2n) is 4.77. The van der Waals surface area contributed by atoms with Gasteiger partial charge in [-0.25, -0.2) is 9.48 Å². The normalized spacial score (nSPS) is 14.4. The lowest BCUT2D eigenvalue weighted by Gasteiger charge is -2.03. The highest BCUT2D eigenvalue weighted by Gasteiger charge is 2.30. The van der Waals surface area contributed by atoms with Gasteiger partial charge in [0.05, 0.1) is 0 Å². The Hall–Kier alpha value is -2.08. The van der Waals surface area contributed by atoms with Crippen LogP contribution in [0, 0.1) is 0 Å². The molecule has 1 aromatic carbocycles. The smallest absolute Gasteiger partial charge is 0.347 e. The third-order valence-electron chi connectivity index (χ3n) is 3.15. The minimum atomic E-state index is -1.09. The van der Waals surface area contributed by atoms with Crippen molar-refractivity contribution in [3.63, 3.8) is 0 Å². The van der Waals surface area contributed by atoms with Crippen molar-refractivity contribution in [2.75, 3.05) is 0 Å². The number of hydrogen-bond acceptors (Lipinski definition) is 3. The van der Waals surface area contributed by atoms with E-state index in [1.54, 1.807) is 28.8 Å². The Bertz CT molecular complexity index is 731. The number of carboxylic acids is 1. The van der Waals surface area contributed by atoms with Gasteiger partial charge in [0.15, 0.2) is 5.82 Å². The summed E-state index contributed by atoms with van der Waals surface area (Å²) < 4.78 is 2.55. The average molecular weight is 294 g/mol. The van der Waals surface area contributed by atoms with Crippen LogP contribution in [0.3, 0.4) is 0 Å². The van der Waals surface area contributed by atoms with Gasteiger partial charge in [-0.2, -0.15) is 0 Å². The molecule has 6 nitrogen and oxygen atoms in total. The Morgan fingerprint density at radius 3 is 2.80 bits per heavy atom. The van der Waals surface area contributed by atoms with Crippen LogP contribution in [-0.4, -0.2) is 25.4 Å². The predicted molar refractivity (Wildman–Crippen MR) is 72.8 cm³/mol. The summed E-state index contributed by atoms with van der Waals surface area (Å²) in [7, 11) is 0. The molecule has 1 aromatic heterocycles. The molecule has 0 atom stereocenters. The van der Waals surface area contributed by atoms with Gasteiger partial charge in [0, 0.05) is 16.6 Å². The van der Waals surface area contributed by atoms with Crippen LogP contribution < -0.4 is 5.69 Å². The molecule has 7 heteroatoms. The number of carbonyl (C=O) groups is 1. The van der Waals surface area contributed by atoms with Crippen LogP contribution in [0.5, 0.6) is 0 Å². The number of benzene rings is 1. The fourth-order valence-electron chi connectivity index (χ4n) is 2.14. The molecule has 0 bridgehead atoms. The number of rotatable bonds is 4. The molecular formula is C13H12ClN3O3. The van der Waals surface area contributed by atoms with Gasteiger partial charge in [0.1, 0.15) is 6.54 Å². The van der Waals surface area contributed by atoms with Crippen LogP contribution in [0.2, 0.25) is 5.02 Å². The SMILES string of the molecule is O=C(O)Cn1nc(-c2cccc(Cl)c2)n(C2CC2)c1=O. The van der Waals surface area contributed by atoms with E-state index in [4.69, 9.17) is 16.7 Å². The number of hydrogen-bond donors (Lipinski definition) is 1. The Kier molecular flexibility index (Phi) is 3.10. The van der Waals surface area contributed by atoms with Gasteiger partial charge in [-0.1, -0.05) is 23.7 Å². The predicted octanol–water partition coefficient (Wildman–Crippen LogP) is 1.78. The lowest BCUT2D eigenvalue weighted by molar-refractivity contribution is -0.137. The minimum absolute atomic E-state index is 0.110. The molecule has 0 amide bonds. The Morgan fingerprint density at radius 1 is 1.45 bits per heavy atom. The summed E-state index contributed by atoms with van der Waals surface area (Å²) in [5.74, 6) is -0.619. The van der Waals surface area contributed by atoms with Crippen molar-refractivity contribution < 1.29 is 9.90 Å². The van der Waals surface area contributed by atoms with Crippen LogP contribution in [0.25, 0.3) is 11.4 Å². The maximum absolute atomic E-state index is 12.2. The van der Waals surface area contributed by atoms with Crippen molar-refractivity contribution in [1.29, 1.82) is 0 Å². The fourth-order valence-corrected chi connectivity index (χ4v) is 2.33. The summed E-state index contributed by atoms with van der Waals surface area (Å²) in [6.07, 6.45) is 1.82. The molecule has 0 aliphatic heterocycles. The van der Waals surface area contributed by atoms with E-state index in [2.05, 4.69) is 5.10 Å². The molecule has 1 heterocycles. The first-order valence-corrected chi connectivity index (χ1v) is 6.61. The highest BCUT2D eigenvalue weighted by molar-refractivity contribution is 6.30. The van der Waals surface area contributed by atoms with Crippen LogP contribution >= 0.6 is 11.6 Å². The molecule has 0 radical (unpaired) electrons. The van der Waals surface area contributed by atoms with Crippen LogP contribution in [-0.2, 0) is 11.3 Å². The van der Waals surface area contributed by atoms with E-state index in [1.165, 1.54) is 0 Å². The fraction of sp³-hybridized carbons (Fsp3) is 0.308. The number of aliphatic carboxylic acids is 1. The molecule has 1 N–H and O–H groups in total. The van der Waals surface area contributed by atoms with Gasteiger partial charge in [-0.15, -0.1) is 5.10 Å². The molecule has 0 saturated heterocycles. The molecule has 0 unspecified atom stereocenters. The summed E-state index contributed by atoms with van der Waals surface area (Å²) in [4.78, 5) is 23.0. The maximum atomic E-state index is 12.2. The van der Waals surface area contributed by atoms with Gasteiger partial charge in [-0.05, 0) is 25.0 Å². The number of halogens is 1. The van der Waals surface area contributed by atoms with Gasteiger partial charge in [0.2, 0.25) is 0 Å². The molecule has 1 aliphatic rings. The van der Waals surface area contributed by atoms with E-state index in [0.29, 0.717) is 16.4 Å². The summed E-state index contributed by atoms with van der Waals surface area (Å²) in [5.41, 5.74) is 0.329. The molecule has 20 heavy (non-hydrogen) atoms. The van der Waals surface area contributed by atoms with Crippen molar-refractivity contribution in [2.45, 2.75) is 25.4 Å². The zero-order valence-corrected chi connectivity index (χ0v) is 11.2. The second-order valence-corrected chi connectivity index (χ2v) is 5.21. The van der Waals surface area contributed by atoms with E-state index in [-0.39, 0.29) is 11.7 Å². The first-order valence-electron chi connectivity index (χ1n) is 6.23. The number of nitrogens with zero attached hydrogens (tertiary/aromatic N) is 3. The van der Waals surface area contributed by atoms with E-state index in [1.807, 2.05) is 0 Å². The van der Waals surface area contributed by atoms with Gasteiger partial charge >= 0.3 is 11.7 Å². The molecular weight excluding hydrogens is 282 g/mol. The number of carboxylic acid groups (broad SMARTS) is 1. The van der Waals surface area contributed by atoms with Gasteiger partial charge in [-0.3, -0.25) is 9.36 Å². The Balaban J connectivity index is 2.14. The lowest BCUT2D eigenvalue weighted by atomic mass is 10.2. The third kappa shape index (κ3) is 2.34. The lowest BCUT2D eigenvalue weighted by Crippen LogP contribution is -2.27. The summed E-state index contributed by atoms with van der Waals surface area (Å²) in [6.45, 7) is -0.438. The van der Waals surface area contributed by atoms with Crippen molar-refractivity contribution in [1.82, 2.24) is 14.3 Å². The molecule has 2 aromatic rings. The van der Waals surface area contributed by atoms with Crippen molar-refractivity contribution in [3.8, 4) is 11.4 Å². The largest absolute Gasteiger partial charge is 0.480 e. The summed E-state index contributed by atoms with van der Waals surface area (Å²) in [6, 6.07) is 7.14. The topological polar surface area (TPSA) is 77.1 Å². The van der Waals surface area contributed by atoms with E-state index in [0.717, 1.165) is 17.5 Å². The summed E-state index contributed by atoms with van der Waals surface area (Å²) in [5, 5.41) is 13.5. The Morgan fingerprint density at radius 2 is 2.20 bits per heavy atom. The van der Waals surface area contributed by atoms with Crippen molar-refractivity contribution in [3.05, 3.63) is 39.8 Å². The molecule has 1 saturated carbocycles. The van der Waals surface area contributed by atoms with E-state index in [9.17, 15) is 9.59 Å². The molecule has 3 rings (SSSR count). The first kappa shape index (κ1) is 12.9. The molecule has 104 valence electrons. The number of aromatic nitrogens is 3. The molecule has 1 fully saturated rings. The van der Waals surface area contributed by atoms with Crippen molar-refractivity contribution >= 4 is 17.6 Å². The zero-order valence-electron chi connectivity index (χ0n) is 10.5. The summed E-state index contributed by atoms with van der Waals surface area (Å²) >= 11 is 5.96. The van der Waals surface area contributed by atoms with Crippen LogP contribution in [0.1, 0.15) is 18.9 Å². The monoisotopic (exact) mass is 293 g/mol. The third-order valence-corrected chi connectivity index (χ3v) is 3.39. The van der Waals surface area contributed by atoms with Crippen LogP contribution in [0.15, 0.2) is 29.1 Å². The standard InChI is InChI=1S/C13H12ClN3O3/c14-9-3-1-2-8(6-9)12-15-16(7-11(18)19)13(20)17(12)10-4-5-10/h1-3,6,10H,4-5,7H2,(H,18,19). The van der Waals surface area contributed by atoms with E-state index >= 15 is 0 Å². The van der Waals surface area contributed by atoms with Gasteiger partial charge < -0.3 is 5.11 Å². The van der Waals surface area contributed by atoms with Crippen molar-refractivity contribution in [2.24, 2.45) is 0 Å². The van der Waals surface area contributed by atoms with Crippen LogP contribution in [0.4, 0.5) is 0 Å². The molecule has 0 spiro atoms. The minimum Gasteiger partial charge on any atom is -0.480 e. The second kappa shape index (κ2) is 4.79. The molecule has 1 aliphatic carbocycles. The quantitative estimate of drug-likeness (QED) is 0.932. The average Bonchev–Trinajstić information content (AvgIpc) is 3.16. The zero-order chi connectivity index (χ0) is 14.3. The Labute approximate surface area is 119 Å². The maximum Gasteiger partial charge on any atom is 0.347 e.